The highest BCUT2D eigenvalue weighted by atomic mass is 32.2. The normalized spacial score (nSPS) is 14.1. The predicted octanol–water partition coefficient (Wildman–Crippen LogP) is 2.17. The van der Waals surface area contributed by atoms with Crippen LogP contribution in [-0.2, 0) is 16.4 Å². The zero-order valence-corrected chi connectivity index (χ0v) is 15.0. The van der Waals surface area contributed by atoms with Crippen LogP contribution in [0.15, 0.2) is 47.4 Å². The number of primary sulfonamides is 1. The van der Waals surface area contributed by atoms with E-state index < -0.39 is 10.0 Å². The van der Waals surface area contributed by atoms with Crippen molar-refractivity contribution in [2.24, 2.45) is 5.14 Å². The minimum absolute atomic E-state index is 0.0822. The number of rotatable bonds is 6. The standard InChI is InChI=1S/C18H22N2O4S/c1-23-16-6-9-18-14(13-16)3-2-10-20(18)11-12-24-15-4-7-17(8-5-15)25(19,21)22/h4-9,13H,2-3,10-12H2,1H3,(H2,19,21,22). The molecule has 1 heterocycles. The van der Waals surface area contributed by atoms with Crippen molar-refractivity contribution in [1.82, 2.24) is 0 Å². The average Bonchev–Trinajstić information content (AvgIpc) is 2.61. The Labute approximate surface area is 148 Å². The minimum Gasteiger partial charge on any atom is -0.497 e. The van der Waals surface area contributed by atoms with Crippen LogP contribution in [-0.4, -0.2) is 35.2 Å². The largest absolute Gasteiger partial charge is 0.497 e. The number of benzene rings is 2. The summed E-state index contributed by atoms with van der Waals surface area (Å²) in [5.74, 6) is 1.51. The quantitative estimate of drug-likeness (QED) is 0.852. The van der Waals surface area contributed by atoms with Gasteiger partial charge in [0.15, 0.2) is 0 Å². The van der Waals surface area contributed by atoms with Crippen LogP contribution in [0.1, 0.15) is 12.0 Å². The fourth-order valence-corrected chi connectivity index (χ4v) is 3.53. The summed E-state index contributed by atoms with van der Waals surface area (Å²) >= 11 is 0. The van der Waals surface area contributed by atoms with Gasteiger partial charge in [0.2, 0.25) is 10.0 Å². The van der Waals surface area contributed by atoms with Gasteiger partial charge in [0.1, 0.15) is 18.1 Å². The molecule has 0 aliphatic carbocycles. The first-order chi connectivity index (χ1) is 12.0. The van der Waals surface area contributed by atoms with Crippen LogP contribution >= 0.6 is 0 Å². The monoisotopic (exact) mass is 362 g/mol. The number of fused-ring (bicyclic) bond motifs is 1. The second kappa shape index (κ2) is 7.33. The zero-order chi connectivity index (χ0) is 17.9. The Balaban J connectivity index is 1.60. The smallest absolute Gasteiger partial charge is 0.238 e. The number of anilines is 1. The fourth-order valence-electron chi connectivity index (χ4n) is 3.01. The Morgan fingerprint density at radius 3 is 2.52 bits per heavy atom. The first kappa shape index (κ1) is 17.6. The molecular weight excluding hydrogens is 340 g/mol. The summed E-state index contributed by atoms with van der Waals surface area (Å²) in [5, 5.41) is 5.09. The molecule has 2 N–H and O–H groups in total. The first-order valence-corrected chi connectivity index (χ1v) is 9.69. The maximum Gasteiger partial charge on any atom is 0.238 e. The molecule has 0 radical (unpaired) electrons. The van der Waals surface area contributed by atoms with E-state index in [1.54, 1.807) is 19.2 Å². The van der Waals surface area contributed by atoms with E-state index >= 15 is 0 Å². The molecule has 0 spiro atoms. The fraction of sp³-hybridized carbons (Fsp3) is 0.333. The molecule has 7 heteroatoms. The highest BCUT2D eigenvalue weighted by Gasteiger charge is 2.17. The van der Waals surface area contributed by atoms with E-state index in [0.29, 0.717) is 12.4 Å². The van der Waals surface area contributed by atoms with E-state index in [2.05, 4.69) is 17.0 Å². The van der Waals surface area contributed by atoms with Crippen molar-refractivity contribution < 1.29 is 17.9 Å². The van der Waals surface area contributed by atoms with Crippen LogP contribution in [0.5, 0.6) is 11.5 Å². The van der Waals surface area contributed by atoms with Crippen molar-refractivity contribution in [3.8, 4) is 11.5 Å². The number of sulfonamides is 1. The molecule has 25 heavy (non-hydrogen) atoms. The maximum atomic E-state index is 11.2. The molecule has 0 amide bonds. The number of nitrogens with two attached hydrogens (primary N) is 1. The van der Waals surface area contributed by atoms with Crippen molar-refractivity contribution in [1.29, 1.82) is 0 Å². The van der Waals surface area contributed by atoms with Gasteiger partial charge in [0, 0.05) is 12.2 Å². The molecule has 0 bridgehead atoms. The third-order valence-electron chi connectivity index (χ3n) is 4.28. The molecule has 0 saturated heterocycles. The summed E-state index contributed by atoms with van der Waals surface area (Å²) in [7, 11) is -1.99. The lowest BCUT2D eigenvalue weighted by atomic mass is 10.0. The molecule has 0 aromatic heterocycles. The van der Waals surface area contributed by atoms with Gasteiger partial charge in [0.25, 0.3) is 0 Å². The van der Waals surface area contributed by atoms with E-state index in [1.165, 1.54) is 23.4 Å². The zero-order valence-electron chi connectivity index (χ0n) is 14.1. The highest BCUT2D eigenvalue weighted by Crippen LogP contribution is 2.30. The molecule has 134 valence electrons. The summed E-state index contributed by atoms with van der Waals surface area (Å²) in [5.41, 5.74) is 2.52. The molecule has 6 nitrogen and oxygen atoms in total. The summed E-state index contributed by atoms with van der Waals surface area (Å²) in [6.45, 7) is 2.27. The van der Waals surface area contributed by atoms with Crippen molar-refractivity contribution in [3.05, 3.63) is 48.0 Å². The SMILES string of the molecule is COc1ccc2c(c1)CCCN2CCOc1ccc(S(N)(=O)=O)cc1. The van der Waals surface area contributed by atoms with E-state index in [9.17, 15) is 8.42 Å². The first-order valence-electron chi connectivity index (χ1n) is 8.15. The molecule has 0 saturated carbocycles. The molecule has 2 aromatic rings. The van der Waals surface area contributed by atoms with Gasteiger partial charge < -0.3 is 14.4 Å². The van der Waals surface area contributed by atoms with Gasteiger partial charge in [-0.1, -0.05) is 0 Å². The van der Waals surface area contributed by atoms with Crippen molar-refractivity contribution >= 4 is 15.7 Å². The van der Waals surface area contributed by atoms with Crippen molar-refractivity contribution in [2.75, 3.05) is 31.7 Å². The van der Waals surface area contributed by atoms with Crippen LogP contribution in [0.2, 0.25) is 0 Å². The second-order valence-electron chi connectivity index (χ2n) is 5.95. The van der Waals surface area contributed by atoms with Gasteiger partial charge in [-0.25, -0.2) is 13.6 Å². The van der Waals surface area contributed by atoms with E-state index in [1.807, 2.05) is 6.07 Å². The van der Waals surface area contributed by atoms with Gasteiger partial charge in [-0.3, -0.25) is 0 Å². The lowest BCUT2D eigenvalue weighted by molar-refractivity contribution is 0.322. The predicted molar refractivity (Wildman–Crippen MR) is 96.8 cm³/mol. The summed E-state index contributed by atoms with van der Waals surface area (Å²) in [6, 6.07) is 12.3. The highest BCUT2D eigenvalue weighted by molar-refractivity contribution is 7.89. The number of nitrogens with zero attached hydrogens (tertiary/aromatic N) is 1. The molecule has 0 fully saturated rings. The number of aryl methyl sites for hydroxylation is 1. The Hall–Kier alpha value is -2.25. The molecule has 2 aromatic carbocycles. The van der Waals surface area contributed by atoms with Gasteiger partial charge in [-0.15, -0.1) is 0 Å². The number of ether oxygens (including phenoxy) is 2. The van der Waals surface area contributed by atoms with Gasteiger partial charge in [0.05, 0.1) is 18.6 Å². The van der Waals surface area contributed by atoms with E-state index in [0.717, 1.165) is 31.7 Å². The summed E-state index contributed by atoms with van der Waals surface area (Å²) in [4.78, 5) is 2.38. The lowest BCUT2D eigenvalue weighted by Gasteiger charge is -2.31. The molecule has 3 rings (SSSR count). The van der Waals surface area contributed by atoms with Crippen LogP contribution in [0.3, 0.4) is 0 Å². The second-order valence-corrected chi connectivity index (χ2v) is 7.51. The molecule has 1 aliphatic heterocycles. The lowest BCUT2D eigenvalue weighted by Crippen LogP contribution is -2.33. The van der Waals surface area contributed by atoms with Gasteiger partial charge >= 0.3 is 0 Å². The number of hydrogen-bond acceptors (Lipinski definition) is 5. The Morgan fingerprint density at radius 1 is 1.12 bits per heavy atom. The van der Waals surface area contributed by atoms with Gasteiger partial charge in [-0.05, 0) is 60.9 Å². The van der Waals surface area contributed by atoms with E-state index in [-0.39, 0.29) is 4.90 Å². The minimum atomic E-state index is -3.67. The van der Waals surface area contributed by atoms with Crippen molar-refractivity contribution in [2.45, 2.75) is 17.7 Å². The number of methoxy groups -OCH3 is 1. The van der Waals surface area contributed by atoms with Gasteiger partial charge in [-0.2, -0.15) is 0 Å². The number of hydrogen-bond donors (Lipinski definition) is 1. The maximum absolute atomic E-state index is 11.2. The third-order valence-corrected chi connectivity index (χ3v) is 5.21. The topological polar surface area (TPSA) is 81.9 Å². The molecule has 1 aliphatic rings. The third kappa shape index (κ3) is 4.24. The van der Waals surface area contributed by atoms with Crippen molar-refractivity contribution in [3.63, 3.8) is 0 Å². The van der Waals surface area contributed by atoms with Crippen LogP contribution in [0, 0.1) is 0 Å². The van der Waals surface area contributed by atoms with Crippen LogP contribution < -0.4 is 19.5 Å². The summed E-state index contributed by atoms with van der Waals surface area (Å²) < 4.78 is 33.5. The van der Waals surface area contributed by atoms with E-state index in [4.69, 9.17) is 14.6 Å². The Bertz CT molecular complexity index is 835. The Kier molecular flexibility index (Phi) is 5.15. The summed E-state index contributed by atoms with van der Waals surface area (Å²) in [6.07, 6.45) is 2.15. The molecule has 0 unspecified atom stereocenters. The molecular formula is C18H22N2O4S. The molecule has 0 atom stereocenters. The average molecular weight is 362 g/mol. The van der Waals surface area contributed by atoms with Crippen LogP contribution in [0.4, 0.5) is 5.69 Å². The van der Waals surface area contributed by atoms with Crippen LogP contribution in [0.25, 0.3) is 0 Å². The Morgan fingerprint density at radius 2 is 1.84 bits per heavy atom.